The van der Waals surface area contributed by atoms with E-state index in [1.54, 1.807) is 0 Å². The maximum atomic E-state index is 9.65. The molecule has 0 spiro atoms. The first-order valence-corrected chi connectivity index (χ1v) is 4.30. The van der Waals surface area contributed by atoms with Gasteiger partial charge in [0.15, 0.2) is 0 Å². The second-order valence-electron chi connectivity index (χ2n) is 2.97. The molecule has 0 aromatic heterocycles. The van der Waals surface area contributed by atoms with Crippen LogP contribution in [0.5, 0.6) is 0 Å². The highest BCUT2D eigenvalue weighted by Gasteiger charge is 2.00. The molecule has 0 N–H and O–H groups in total. The summed E-state index contributed by atoms with van der Waals surface area (Å²) >= 11 is 0. The molecule has 1 unspecified atom stereocenters. The molecule has 0 aromatic carbocycles. The number of hydrogen-bond acceptors (Lipinski definition) is 2. The van der Waals surface area contributed by atoms with Crippen LogP contribution >= 0.6 is 0 Å². The van der Waals surface area contributed by atoms with Crippen molar-refractivity contribution in [2.24, 2.45) is 5.92 Å². The van der Waals surface area contributed by atoms with E-state index in [0.29, 0.717) is 12.5 Å². The smallest absolute Gasteiger partial charge is 0.417 e. The Kier molecular flexibility index (Phi) is 7.21. The molecule has 0 fully saturated rings. The van der Waals surface area contributed by atoms with Crippen LogP contribution in [0.1, 0.15) is 39.5 Å². The van der Waals surface area contributed by atoms with Crippen molar-refractivity contribution < 1.29 is 9.53 Å². The van der Waals surface area contributed by atoms with Gasteiger partial charge < -0.3 is 4.74 Å². The van der Waals surface area contributed by atoms with Gasteiger partial charge in [-0.05, 0) is 12.3 Å². The van der Waals surface area contributed by atoms with Gasteiger partial charge >= 0.3 is 6.47 Å². The molecular weight excluding hydrogens is 140 g/mol. The van der Waals surface area contributed by atoms with E-state index in [-0.39, 0.29) is 0 Å². The summed E-state index contributed by atoms with van der Waals surface area (Å²) in [6, 6.07) is 0. The molecule has 0 saturated carbocycles. The normalized spacial score (nSPS) is 12.5. The van der Waals surface area contributed by atoms with E-state index >= 15 is 0 Å². The fraction of sp³-hybridized carbons (Fsp3) is 0.889. The minimum Gasteiger partial charge on any atom is -0.457 e. The Bertz CT molecular complexity index is 91.6. The van der Waals surface area contributed by atoms with Crippen LogP contribution in [-0.2, 0) is 9.53 Å². The predicted molar refractivity (Wildman–Crippen MR) is 45.0 cm³/mol. The van der Waals surface area contributed by atoms with E-state index in [4.69, 9.17) is 0 Å². The van der Waals surface area contributed by atoms with Crippen molar-refractivity contribution in [3.63, 3.8) is 0 Å². The van der Waals surface area contributed by atoms with E-state index in [1.165, 1.54) is 25.7 Å². The lowest BCUT2D eigenvalue weighted by molar-refractivity contribution is 0.248. The lowest BCUT2D eigenvalue weighted by atomic mass is 10.0. The zero-order valence-corrected chi connectivity index (χ0v) is 7.43. The molecule has 0 aliphatic heterocycles. The first kappa shape index (κ1) is 10.5. The summed E-state index contributed by atoms with van der Waals surface area (Å²) in [6.07, 6.45) is 4.71. The zero-order valence-electron chi connectivity index (χ0n) is 7.43. The van der Waals surface area contributed by atoms with Crippen molar-refractivity contribution in [3.05, 3.63) is 0 Å². The summed E-state index contributed by atoms with van der Waals surface area (Å²) in [7, 11) is 0. The van der Waals surface area contributed by atoms with Gasteiger partial charge in [0.1, 0.15) is 0 Å². The lowest BCUT2D eigenvalue weighted by Gasteiger charge is -2.08. The number of carbonyl (C=O) groups excluding carboxylic acids is 1. The van der Waals surface area contributed by atoms with Crippen LogP contribution in [-0.4, -0.2) is 13.1 Å². The van der Waals surface area contributed by atoms with Gasteiger partial charge in [-0.15, -0.1) is 0 Å². The Morgan fingerprint density at radius 2 is 2.18 bits per heavy atom. The summed E-state index contributed by atoms with van der Waals surface area (Å²) in [4.78, 5) is 9.65. The van der Waals surface area contributed by atoms with Gasteiger partial charge in [0.25, 0.3) is 0 Å². The Labute approximate surface area is 68.9 Å². The highest BCUT2D eigenvalue weighted by atomic mass is 16.5. The van der Waals surface area contributed by atoms with Crippen LogP contribution in [0.15, 0.2) is 0 Å². The monoisotopic (exact) mass is 157 g/mol. The molecule has 0 saturated heterocycles. The van der Waals surface area contributed by atoms with Crippen LogP contribution in [0.3, 0.4) is 0 Å². The van der Waals surface area contributed by atoms with E-state index in [9.17, 15) is 4.79 Å². The molecular formula is C9H17O2. The molecule has 2 nitrogen and oxygen atoms in total. The van der Waals surface area contributed by atoms with Crippen LogP contribution < -0.4 is 0 Å². The Morgan fingerprint density at radius 1 is 1.45 bits per heavy atom. The van der Waals surface area contributed by atoms with E-state index in [0.717, 1.165) is 6.42 Å². The summed E-state index contributed by atoms with van der Waals surface area (Å²) in [6.45, 7) is 6.32. The summed E-state index contributed by atoms with van der Waals surface area (Å²) in [5.41, 5.74) is 0. The maximum absolute atomic E-state index is 9.65. The number of unbranched alkanes of at least 4 members (excludes halogenated alkanes) is 1. The number of ether oxygens (including phenoxy) is 1. The first-order chi connectivity index (χ1) is 5.31. The van der Waals surface area contributed by atoms with Gasteiger partial charge in [0.2, 0.25) is 0 Å². The largest absolute Gasteiger partial charge is 0.457 e. The van der Waals surface area contributed by atoms with Crippen LogP contribution in [0.4, 0.5) is 0 Å². The zero-order chi connectivity index (χ0) is 8.53. The van der Waals surface area contributed by atoms with Gasteiger partial charge in [0.05, 0.1) is 6.61 Å². The van der Waals surface area contributed by atoms with E-state index in [1.807, 2.05) is 0 Å². The Hall–Kier alpha value is -0.530. The summed E-state index contributed by atoms with van der Waals surface area (Å²) in [5, 5.41) is 0. The van der Waals surface area contributed by atoms with Crippen molar-refractivity contribution in [3.8, 4) is 0 Å². The molecule has 0 aliphatic carbocycles. The topological polar surface area (TPSA) is 26.3 Å². The molecule has 0 bridgehead atoms. The lowest BCUT2D eigenvalue weighted by Crippen LogP contribution is -2.00. The van der Waals surface area contributed by atoms with Crippen LogP contribution in [0.25, 0.3) is 0 Å². The summed E-state index contributed by atoms with van der Waals surface area (Å²) < 4.78 is 4.48. The second kappa shape index (κ2) is 7.58. The second-order valence-corrected chi connectivity index (χ2v) is 2.97. The third-order valence-electron chi connectivity index (χ3n) is 1.82. The maximum Gasteiger partial charge on any atom is 0.417 e. The Morgan fingerprint density at radius 3 is 2.73 bits per heavy atom. The number of rotatable bonds is 7. The molecule has 0 aromatic rings. The predicted octanol–water partition coefficient (Wildman–Crippen LogP) is 2.29. The van der Waals surface area contributed by atoms with Crippen molar-refractivity contribution in [2.75, 3.05) is 6.61 Å². The SMILES string of the molecule is CCCCC(C)CCO[C]=O. The van der Waals surface area contributed by atoms with Gasteiger partial charge in [-0.3, -0.25) is 0 Å². The Balaban J connectivity index is 3.08. The van der Waals surface area contributed by atoms with Crippen LogP contribution in [0.2, 0.25) is 0 Å². The molecule has 0 rings (SSSR count). The molecule has 0 heterocycles. The minimum absolute atomic E-state index is 0.522. The molecule has 0 aliphatic rings. The highest BCUT2D eigenvalue weighted by molar-refractivity contribution is 5.37. The summed E-state index contributed by atoms with van der Waals surface area (Å²) in [5.74, 6) is 0.670. The average Bonchev–Trinajstić information content (AvgIpc) is 2.01. The fourth-order valence-electron chi connectivity index (χ4n) is 0.999. The van der Waals surface area contributed by atoms with Gasteiger partial charge in [0, 0.05) is 0 Å². The van der Waals surface area contributed by atoms with Crippen molar-refractivity contribution >= 4 is 6.47 Å². The molecule has 1 radical (unpaired) electrons. The first-order valence-electron chi connectivity index (χ1n) is 4.30. The average molecular weight is 157 g/mol. The van der Waals surface area contributed by atoms with Crippen molar-refractivity contribution in [2.45, 2.75) is 39.5 Å². The van der Waals surface area contributed by atoms with Crippen molar-refractivity contribution in [1.29, 1.82) is 0 Å². The quantitative estimate of drug-likeness (QED) is 0.530. The molecule has 0 amide bonds. The molecule has 65 valence electrons. The molecule has 2 heteroatoms. The number of hydrogen-bond donors (Lipinski definition) is 0. The third-order valence-corrected chi connectivity index (χ3v) is 1.82. The standard InChI is InChI=1S/C9H17O2/c1-3-4-5-9(2)6-7-11-8-10/h9H,3-7H2,1-2H3. The van der Waals surface area contributed by atoms with Gasteiger partial charge in [-0.25, -0.2) is 4.79 Å². The molecule has 1 atom stereocenters. The van der Waals surface area contributed by atoms with Gasteiger partial charge in [-0.1, -0.05) is 33.1 Å². The van der Waals surface area contributed by atoms with Crippen molar-refractivity contribution in [1.82, 2.24) is 0 Å². The molecule has 11 heavy (non-hydrogen) atoms. The van der Waals surface area contributed by atoms with Gasteiger partial charge in [-0.2, -0.15) is 0 Å². The van der Waals surface area contributed by atoms with Crippen LogP contribution in [0, 0.1) is 5.92 Å². The minimum atomic E-state index is 0.522. The van der Waals surface area contributed by atoms with E-state index < -0.39 is 0 Å². The third kappa shape index (κ3) is 7.37. The highest BCUT2D eigenvalue weighted by Crippen LogP contribution is 2.10. The fourth-order valence-corrected chi connectivity index (χ4v) is 0.999. The van der Waals surface area contributed by atoms with E-state index in [2.05, 4.69) is 18.6 Å².